The number of carbonyl (C=O) groups excluding carboxylic acids is 1. The molecule has 0 aromatic carbocycles. The Balaban J connectivity index is 3.83. The van der Waals surface area contributed by atoms with E-state index < -0.39 is 16.1 Å². The molecule has 0 amide bonds. The van der Waals surface area contributed by atoms with Crippen LogP contribution in [0.2, 0.25) is 0 Å². The second-order valence-corrected chi connectivity index (χ2v) is 2.44. The van der Waals surface area contributed by atoms with Crippen molar-refractivity contribution < 1.29 is 9.72 Å². The highest BCUT2D eigenvalue weighted by molar-refractivity contribution is 7.96. The Bertz CT molecular complexity index is 148. The maximum absolute atomic E-state index is 10.3. The average molecular weight is 163 g/mol. The standard InChI is InChI=1S/C5H9NO3S/c1-2-4(6(8)9)3-5(7)10/h4H,2-3H2,1H3,(H,7,10). The van der Waals surface area contributed by atoms with Gasteiger partial charge in [0.25, 0.3) is 0 Å². The Morgan fingerprint density at radius 2 is 2.30 bits per heavy atom. The van der Waals surface area contributed by atoms with Crippen molar-refractivity contribution in [1.82, 2.24) is 0 Å². The van der Waals surface area contributed by atoms with Crippen molar-refractivity contribution in [2.75, 3.05) is 0 Å². The van der Waals surface area contributed by atoms with Crippen molar-refractivity contribution in [2.24, 2.45) is 0 Å². The van der Waals surface area contributed by atoms with Crippen LogP contribution in [0.1, 0.15) is 19.8 Å². The summed E-state index contributed by atoms with van der Waals surface area (Å²) in [7, 11) is 0. The maximum atomic E-state index is 10.3. The molecule has 0 aliphatic heterocycles. The Kier molecular flexibility index (Phi) is 4.02. The molecule has 10 heavy (non-hydrogen) atoms. The summed E-state index contributed by atoms with van der Waals surface area (Å²) in [5.74, 6) is 0. The summed E-state index contributed by atoms with van der Waals surface area (Å²) in [5.41, 5.74) is 0. The fourth-order valence-corrected chi connectivity index (χ4v) is 0.780. The van der Waals surface area contributed by atoms with Gasteiger partial charge in [-0.15, -0.1) is 12.6 Å². The number of thiol groups is 1. The Hall–Kier alpha value is -0.580. The van der Waals surface area contributed by atoms with Crippen LogP contribution in [0.15, 0.2) is 0 Å². The molecule has 0 heterocycles. The van der Waals surface area contributed by atoms with Gasteiger partial charge in [0, 0.05) is 11.3 Å². The summed E-state index contributed by atoms with van der Waals surface area (Å²) >= 11 is 3.44. The second-order valence-electron chi connectivity index (χ2n) is 1.95. The lowest BCUT2D eigenvalue weighted by Gasteiger charge is -2.01. The van der Waals surface area contributed by atoms with Crippen molar-refractivity contribution >= 4 is 17.7 Å². The number of rotatable bonds is 4. The quantitative estimate of drug-likeness (QED) is 0.380. The van der Waals surface area contributed by atoms with Gasteiger partial charge in [0.05, 0.1) is 6.42 Å². The zero-order chi connectivity index (χ0) is 8.15. The van der Waals surface area contributed by atoms with E-state index in [0.717, 1.165) is 0 Å². The molecule has 0 N–H and O–H groups in total. The van der Waals surface area contributed by atoms with E-state index in [2.05, 4.69) is 12.6 Å². The van der Waals surface area contributed by atoms with Crippen LogP contribution in [0.4, 0.5) is 0 Å². The van der Waals surface area contributed by atoms with Gasteiger partial charge in [-0.25, -0.2) is 0 Å². The predicted molar refractivity (Wildman–Crippen MR) is 39.7 cm³/mol. The molecule has 0 radical (unpaired) electrons. The number of hydrogen-bond donors (Lipinski definition) is 1. The van der Waals surface area contributed by atoms with Gasteiger partial charge in [-0.2, -0.15) is 0 Å². The minimum atomic E-state index is -0.759. The molecular weight excluding hydrogens is 154 g/mol. The number of carbonyl (C=O) groups is 1. The third-order valence-corrected chi connectivity index (χ3v) is 1.36. The maximum Gasteiger partial charge on any atom is 0.220 e. The van der Waals surface area contributed by atoms with Crippen LogP contribution in [0.3, 0.4) is 0 Å². The van der Waals surface area contributed by atoms with Crippen LogP contribution in [0.5, 0.6) is 0 Å². The lowest BCUT2D eigenvalue weighted by molar-refractivity contribution is -0.521. The van der Waals surface area contributed by atoms with Gasteiger partial charge < -0.3 is 0 Å². The highest BCUT2D eigenvalue weighted by Crippen LogP contribution is 2.03. The Morgan fingerprint density at radius 3 is 2.40 bits per heavy atom. The first-order chi connectivity index (χ1) is 4.57. The first-order valence-corrected chi connectivity index (χ1v) is 3.38. The predicted octanol–water partition coefficient (Wildman–Crippen LogP) is 0.888. The molecule has 0 bridgehead atoms. The van der Waals surface area contributed by atoms with Crippen molar-refractivity contribution in [1.29, 1.82) is 0 Å². The van der Waals surface area contributed by atoms with E-state index in [9.17, 15) is 14.9 Å². The van der Waals surface area contributed by atoms with Gasteiger partial charge in [-0.3, -0.25) is 14.9 Å². The van der Waals surface area contributed by atoms with Crippen molar-refractivity contribution in [2.45, 2.75) is 25.8 Å². The molecule has 58 valence electrons. The molecule has 0 spiro atoms. The van der Waals surface area contributed by atoms with Gasteiger partial charge in [-0.05, 0) is 0 Å². The van der Waals surface area contributed by atoms with Crippen LogP contribution in [-0.2, 0) is 4.79 Å². The minimum Gasteiger partial charge on any atom is -0.287 e. The summed E-state index contributed by atoms with van der Waals surface area (Å²) in [6.07, 6.45) is 0.298. The number of nitrogens with zero attached hydrogens (tertiary/aromatic N) is 1. The van der Waals surface area contributed by atoms with E-state index in [1.165, 1.54) is 0 Å². The summed E-state index contributed by atoms with van der Waals surface area (Å²) in [4.78, 5) is 19.9. The molecule has 0 saturated carbocycles. The van der Waals surface area contributed by atoms with Crippen molar-refractivity contribution in [3.05, 3.63) is 10.1 Å². The molecule has 0 aliphatic rings. The molecule has 4 nitrogen and oxygen atoms in total. The van der Waals surface area contributed by atoms with E-state index in [1.807, 2.05) is 0 Å². The summed E-state index contributed by atoms with van der Waals surface area (Å²) in [6.45, 7) is 1.67. The van der Waals surface area contributed by atoms with E-state index >= 15 is 0 Å². The topological polar surface area (TPSA) is 60.2 Å². The van der Waals surface area contributed by atoms with E-state index in [0.29, 0.717) is 6.42 Å². The molecule has 0 rings (SSSR count). The number of hydrogen-bond acceptors (Lipinski definition) is 3. The van der Waals surface area contributed by atoms with Crippen LogP contribution in [0, 0.1) is 10.1 Å². The van der Waals surface area contributed by atoms with Crippen LogP contribution in [-0.4, -0.2) is 16.1 Å². The fourth-order valence-electron chi connectivity index (χ4n) is 0.570. The number of nitro groups is 1. The highest BCUT2D eigenvalue weighted by Gasteiger charge is 2.19. The van der Waals surface area contributed by atoms with Crippen LogP contribution >= 0.6 is 12.6 Å². The van der Waals surface area contributed by atoms with Gasteiger partial charge >= 0.3 is 0 Å². The monoisotopic (exact) mass is 163 g/mol. The summed E-state index contributed by atoms with van der Waals surface area (Å²) < 4.78 is 0. The molecule has 0 fully saturated rings. The van der Waals surface area contributed by atoms with E-state index in [1.54, 1.807) is 6.92 Å². The zero-order valence-corrected chi connectivity index (χ0v) is 6.51. The molecule has 0 aromatic heterocycles. The minimum absolute atomic E-state index is 0.0768. The molecule has 1 atom stereocenters. The molecule has 0 saturated heterocycles. The second kappa shape index (κ2) is 4.27. The molecule has 0 aromatic rings. The van der Waals surface area contributed by atoms with Gasteiger partial charge in [0.15, 0.2) is 5.12 Å². The van der Waals surface area contributed by atoms with E-state index in [4.69, 9.17) is 0 Å². The first kappa shape index (κ1) is 9.42. The Morgan fingerprint density at radius 1 is 1.80 bits per heavy atom. The third kappa shape index (κ3) is 3.45. The zero-order valence-electron chi connectivity index (χ0n) is 5.61. The van der Waals surface area contributed by atoms with E-state index in [-0.39, 0.29) is 6.42 Å². The largest absolute Gasteiger partial charge is 0.287 e. The highest BCUT2D eigenvalue weighted by atomic mass is 32.1. The fraction of sp³-hybridized carbons (Fsp3) is 0.800. The van der Waals surface area contributed by atoms with Gasteiger partial charge in [0.1, 0.15) is 0 Å². The van der Waals surface area contributed by atoms with Crippen LogP contribution in [0.25, 0.3) is 0 Å². The first-order valence-electron chi connectivity index (χ1n) is 2.93. The smallest absolute Gasteiger partial charge is 0.220 e. The van der Waals surface area contributed by atoms with Crippen molar-refractivity contribution in [3.8, 4) is 0 Å². The summed E-state index contributed by atoms with van der Waals surface area (Å²) in [5, 5.41) is 9.66. The van der Waals surface area contributed by atoms with Crippen molar-refractivity contribution in [3.63, 3.8) is 0 Å². The summed E-state index contributed by atoms with van der Waals surface area (Å²) in [6, 6.07) is -0.759. The SMILES string of the molecule is CCC(CC(=O)S)[N+](=O)[O-]. The lowest BCUT2D eigenvalue weighted by atomic mass is 10.2. The Labute approximate surface area is 64.2 Å². The molecule has 5 heteroatoms. The van der Waals surface area contributed by atoms with Gasteiger partial charge in [-0.1, -0.05) is 6.92 Å². The molecule has 1 unspecified atom stereocenters. The molecular formula is C5H9NO3S. The third-order valence-electron chi connectivity index (χ3n) is 1.18. The molecule has 0 aliphatic carbocycles. The van der Waals surface area contributed by atoms with Crippen LogP contribution < -0.4 is 0 Å². The van der Waals surface area contributed by atoms with Gasteiger partial charge in [0.2, 0.25) is 6.04 Å². The normalized spacial score (nSPS) is 12.6. The lowest BCUT2D eigenvalue weighted by Crippen LogP contribution is -2.20. The average Bonchev–Trinajstić information content (AvgIpc) is 1.81.